The maximum atomic E-state index is 13.3. The fourth-order valence-electron chi connectivity index (χ4n) is 3.57. The summed E-state index contributed by atoms with van der Waals surface area (Å²) in [5.41, 5.74) is 3.60. The number of carbonyl (C=O) groups is 1. The molecule has 1 aromatic carbocycles. The highest BCUT2D eigenvalue weighted by Crippen LogP contribution is 2.35. The van der Waals surface area contributed by atoms with Crippen LogP contribution in [0.15, 0.2) is 54.3 Å². The highest BCUT2D eigenvalue weighted by Gasteiger charge is 2.41. The molecule has 0 aromatic heterocycles. The third-order valence-corrected chi connectivity index (χ3v) is 7.49. The number of sulfonamides is 1. The molecule has 0 spiro atoms. The van der Waals surface area contributed by atoms with E-state index in [0.29, 0.717) is 18.5 Å². The Hall–Kier alpha value is -2.14. The number of benzene rings is 1. The predicted molar refractivity (Wildman–Crippen MR) is 105 cm³/mol. The van der Waals surface area contributed by atoms with E-state index in [0.717, 1.165) is 29.6 Å². The number of hydrogen-bond donors (Lipinski definition) is 0. The number of carbonyl (C=O) groups excluding carboxylic acids is 1. The van der Waals surface area contributed by atoms with Gasteiger partial charge in [0.25, 0.3) is 0 Å². The van der Waals surface area contributed by atoms with Crippen LogP contribution in [-0.4, -0.2) is 29.8 Å². The zero-order chi connectivity index (χ0) is 18.9. The van der Waals surface area contributed by atoms with Crippen LogP contribution in [0.25, 0.3) is 5.57 Å². The summed E-state index contributed by atoms with van der Waals surface area (Å²) in [6, 6.07) is 7.39. The molecule has 26 heavy (non-hydrogen) atoms. The molecule has 0 saturated heterocycles. The van der Waals surface area contributed by atoms with Crippen molar-refractivity contribution < 1.29 is 13.2 Å². The van der Waals surface area contributed by atoms with Gasteiger partial charge in [-0.3, -0.25) is 9.10 Å². The Bertz CT molecular complexity index is 907. The first-order valence-electron chi connectivity index (χ1n) is 8.92. The molecule has 0 N–H and O–H groups in total. The summed E-state index contributed by atoms with van der Waals surface area (Å²) in [6.07, 6.45) is 9.62. The van der Waals surface area contributed by atoms with Gasteiger partial charge in [0.1, 0.15) is 4.75 Å². The van der Waals surface area contributed by atoms with Crippen molar-refractivity contribution in [3.05, 3.63) is 65.4 Å². The first kappa shape index (κ1) is 18.6. The molecule has 0 fully saturated rings. The van der Waals surface area contributed by atoms with Crippen molar-refractivity contribution in [1.82, 2.24) is 4.31 Å². The molecular formula is C21H25NO3S. The Morgan fingerprint density at radius 1 is 1.19 bits per heavy atom. The molecule has 0 radical (unpaired) electrons. The van der Waals surface area contributed by atoms with Crippen LogP contribution in [0.3, 0.4) is 0 Å². The van der Waals surface area contributed by atoms with E-state index in [4.69, 9.17) is 0 Å². The number of ketones is 1. The molecule has 1 atom stereocenters. The monoisotopic (exact) mass is 371 g/mol. The van der Waals surface area contributed by atoms with E-state index in [9.17, 15) is 13.2 Å². The van der Waals surface area contributed by atoms with Gasteiger partial charge in [0.15, 0.2) is 5.78 Å². The van der Waals surface area contributed by atoms with E-state index in [1.807, 2.05) is 37.3 Å². The Morgan fingerprint density at radius 3 is 2.50 bits per heavy atom. The second kappa shape index (κ2) is 6.88. The van der Waals surface area contributed by atoms with Crippen LogP contribution in [0.1, 0.15) is 56.0 Å². The topological polar surface area (TPSA) is 54.5 Å². The second-order valence-electron chi connectivity index (χ2n) is 7.31. The van der Waals surface area contributed by atoms with Crippen molar-refractivity contribution in [2.24, 2.45) is 0 Å². The van der Waals surface area contributed by atoms with Crippen LogP contribution in [0.2, 0.25) is 0 Å². The van der Waals surface area contributed by atoms with Crippen molar-refractivity contribution in [2.75, 3.05) is 6.54 Å². The molecule has 138 valence electrons. The van der Waals surface area contributed by atoms with Crippen molar-refractivity contribution in [3.63, 3.8) is 0 Å². The second-order valence-corrected chi connectivity index (χ2v) is 9.67. The number of allylic oxidation sites excluding steroid dienone is 4. The Balaban J connectivity index is 1.92. The lowest BCUT2D eigenvalue weighted by Crippen LogP contribution is -2.44. The van der Waals surface area contributed by atoms with Crippen LogP contribution >= 0.6 is 0 Å². The molecule has 2 aliphatic rings. The van der Waals surface area contributed by atoms with Gasteiger partial charge in [0.05, 0.1) is 0 Å². The van der Waals surface area contributed by atoms with E-state index in [2.05, 4.69) is 0 Å². The van der Waals surface area contributed by atoms with Gasteiger partial charge < -0.3 is 0 Å². The van der Waals surface area contributed by atoms with Gasteiger partial charge in [0.2, 0.25) is 10.0 Å². The molecule has 1 aromatic rings. The van der Waals surface area contributed by atoms with Crippen LogP contribution in [-0.2, 0) is 10.0 Å². The highest BCUT2D eigenvalue weighted by atomic mass is 32.2. The minimum absolute atomic E-state index is 0.0267. The molecule has 3 rings (SSSR count). The highest BCUT2D eigenvalue weighted by molar-refractivity contribution is 7.90. The maximum absolute atomic E-state index is 13.3. The molecule has 1 heterocycles. The zero-order valence-corrected chi connectivity index (χ0v) is 16.3. The molecule has 1 aliphatic heterocycles. The fourth-order valence-corrected chi connectivity index (χ4v) is 5.38. The van der Waals surface area contributed by atoms with Gasteiger partial charge in [-0.25, -0.2) is 8.42 Å². The minimum atomic E-state index is -3.50. The molecular weight excluding hydrogens is 346 g/mol. The van der Waals surface area contributed by atoms with Crippen molar-refractivity contribution in [2.45, 2.75) is 44.8 Å². The van der Waals surface area contributed by atoms with Gasteiger partial charge >= 0.3 is 0 Å². The first-order valence-corrected chi connectivity index (χ1v) is 10.4. The van der Waals surface area contributed by atoms with E-state index < -0.39 is 14.8 Å². The van der Waals surface area contributed by atoms with Gasteiger partial charge in [-0.1, -0.05) is 48.1 Å². The van der Waals surface area contributed by atoms with E-state index >= 15 is 0 Å². The number of Topliss-reactive ketones (excluding diaryl/α,β-unsaturated/α-hetero) is 1. The van der Waals surface area contributed by atoms with E-state index in [1.165, 1.54) is 11.2 Å². The van der Waals surface area contributed by atoms with Crippen LogP contribution in [0, 0.1) is 0 Å². The average Bonchev–Trinajstić information content (AvgIpc) is 2.61. The van der Waals surface area contributed by atoms with E-state index in [1.54, 1.807) is 25.3 Å². The number of rotatable bonds is 4. The third-order valence-electron chi connectivity index (χ3n) is 5.12. The zero-order valence-electron chi connectivity index (χ0n) is 15.5. The van der Waals surface area contributed by atoms with Gasteiger partial charge in [-0.2, -0.15) is 0 Å². The summed E-state index contributed by atoms with van der Waals surface area (Å²) in [5.74, 6) is 0.0267. The van der Waals surface area contributed by atoms with Gasteiger partial charge in [-0.15, -0.1) is 0 Å². The van der Waals surface area contributed by atoms with E-state index in [-0.39, 0.29) is 5.78 Å². The van der Waals surface area contributed by atoms with Crippen LogP contribution < -0.4 is 0 Å². The quantitative estimate of drug-likeness (QED) is 0.741. The Kier molecular flexibility index (Phi) is 4.93. The molecule has 0 amide bonds. The first-order chi connectivity index (χ1) is 12.2. The summed E-state index contributed by atoms with van der Waals surface area (Å²) in [4.78, 5) is 11.4. The summed E-state index contributed by atoms with van der Waals surface area (Å²) < 4.78 is 27.2. The SMILES string of the molecule is CC(=O)c1ccc(C2=CN(S(=O)(=O)C3(C)C=C(C)C=CC3)CCC2)cc1. The third kappa shape index (κ3) is 3.40. The predicted octanol–water partition coefficient (Wildman–Crippen LogP) is 4.32. The summed E-state index contributed by atoms with van der Waals surface area (Å²) in [5, 5.41) is 0. The largest absolute Gasteiger partial charge is 0.295 e. The molecule has 5 heteroatoms. The fraction of sp³-hybridized carbons (Fsp3) is 0.381. The summed E-state index contributed by atoms with van der Waals surface area (Å²) in [6.45, 7) is 5.76. The van der Waals surface area contributed by atoms with Gasteiger partial charge in [-0.05, 0) is 51.2 Å². The molecule has 4 nitrogen and oxygen atoms in total. The van der Waals surface area contributed by atoms with Crippen molar-refractivity contribution in [3.8, 4) is 0 Å². The lowest BCUT2D eigenvalue weighted by Gasteiger charge is -2.36. The minimum Gasteiger partial charge on any atom is -0.295 e. The number of hydrogen-bond acceptors (Lipinski definition) is 3. The standard InChI is InChI=1S/C21H25NO3S/c1-16-6-4-12-21(3,14-16)26(24,25)22-13-5-7-20(15-22)19-10-8-18(9-11-19)17(2)23/h4,6,8-11,14-15H,5,7,12-13H2,1-3H3. The summed E-state index contributed by atoms with van der Waals surface area (Å²) >= 11 is 0. The smallest absolute Gasteiger partial charge is 0.244 e. The molecule has 1 aliphatic carbocycles. The molecule has 1 unspecified atom stereocenters. The lowest BCUT2D eigenvalue weighted by atomic mass is 9.98. The van der Waals surface area contributed by atoms with Gasteiger partial charge in [0, 0.05) is 18.3 Å². The molecule has 0 bridgehead atoms. The maximum Gasteiger partial charge on any atom is 0.244 e. The number of nitrogens with zero attached hydrogens (tertiary/aromatic N) is 1. The lowest BCUT2D eigenvalue weighted by molar-refractivity contribution is 0.101. The van der Waals surface area contributed by atoms with Crippen LogP contribution in [0.5, 0.6) is 0 Å². The Labute approximate surface area is 156 Å². The summed E-state index contributed by atoms with van der Waals surface area (Å²) in [7, 11) is -3.50. The average molecular weight is 372 g/mol. The Morgan fingerprint density at radius 2 is 1.88 bits per heavy atom. The molecule has 0 saturated carbocycles. The normalized spacial score (nSPS) is 23.4. The van der Waals surface area contributed by atoms with Crippen molar-refractivity contribution in [1.29, 1.82) is 0 Å². The van der Waals surface area contributed by atoms with Crippen molar-refractivity contribution >= 4 is 21.4 Å². The van der Waals surface area contributed by atoms with Crippen LogP contribution in [0.4, 0.5) is 0 Å².